The SMILES string of the molecule is CC(N)CCC(=O)NCCc1cnn(-c2ccccc2)c1. The van der Waals surface area contributed by atoms with Crippen LogP contribution in [0.5, 0.6) is 0 Å². The van der Waals surface area contributed by atoms with E-state index in [1.54, 1.807) is 0 Å². The average molecular weight is 286 g/mol. The van der Waals surface area contributed by atoms with Gasteiger partial charge >= 0.3 is 0 Å². The summed E-state index contributed by atoms with van der Waals surface area (Å²) in [5.41, 5.74) is 7.76. The van der Waals surface area contributed by atoms with Gasteiger partial charge in [0.15, 0.2) is 0 Å². The lowest BCUT2D eigenvalue weighted by Gasteiger charge is -2.06. The predicted octanol–water partition coefficient (Wildman–Crippen LogP) is 1.66. The van der Waals surface area contributed by atoms with Gasteiger partial charge in [0.05, 0.1) is 11.9 Å². The summed E-state index contributed by atoms with van der Waals surface area (Å²) in [4.78, 5) is 11.6. The molecule has 5 heteroatoms. The first-order chi connectivity index (χ1) is 10.1. The molecule has 0 aliphatic heterocycles. The summed E-state index contributed by atoms with van der Waals surface area (Å²) < 4.78 is 1.84. The molecule has 0 radical (unpaired) electrons. The summed E-state index contributed by atoms with van der Waals surface area (Å²) in [7, 11) is 0. The monoisotopic (exact) mass is 286 g/mol. The molecule has 1 heterocycles. The maximum atomic E-state index is 11.6. The van der Waals surface area contributed by atoms with Crippen molar-refractivity contribution in [1.82, 2.24) is 15.1 Å². The number of hydrogen-bond acceptors (Lipinski definition) is 3. The molecule has 0 spiro atoms. The van der Waals surface area contributed by atoms with Crippen LogP contribution in [0, 0.1) is 0 Å². The molecule has 1 amide bonds. The fourth-order valence-corrected chi connectivity index (χ4v) is 2.00. The summed E-state index contributed by atoms with van der Waals surface area (Å²) in [5, 5.41) is 7.24. The quantitative estimate of drug-likeness (QED) is 0.813. The number of para-hydroxylation sites is 1. The molecule has 0 fully saturated rings. The Kier molecular flexibility index (Phi) is 5.51. The van der Waals surface area contributed by atoms with Gasteiger partial charge < -0.3 is 11.1 Å². The van der Waals surface area contributed by atoms with Crippen LogP contribution in [0.25, 0.3) is 5.69 Å². The number of aromatic nitrogens is 2. The van der Waals surface area contributed by atoms with E-state index < -0.39 is 0 Å². The van der Waals surface area contributed by atoms with Crippen LogP contribution < -0.4 is 11.1 Å². The number of nitrogens with zero attached hydrogens (tertiary/aromatic N) is 2. The molecule has 21 heavy (non-hydrogen) atoms. The Morgan fingerprint density at radius 2 is 2.14 bits per heavy atom. The molecule has 1 unspecified atom stereocenters. The van der Waals surface area contributed by atoms with Crippen LogP contribution in [0.3, 0.4) is 0 Å². The predicted molar refractivity (Wildman–Crippen MR) is 83.2 cm³/mol. The molecule has 0 bridgehead atoms. The minimum Gasteiger partial charge on any atom is -0.356 e. The molecule has 5 nitrogen and oxygen atoms in total. The molecule has 2 aromatic rings. The number of amides is 1. The van der Waals surface area contributed by atoms with Crippen molar-refractivity contribution < 1.29 is 4.79 Å². The van der Waals surface area contributed by atoms with Gasteiger partial charge in [-0.25, -0.2) is 4.68 Å². The van der Waals surface area contributed by atoms with E-state index in [1.807, 2.05) is 54.3 Å². The lowest BCUT2D eigenvalue weighted by molar-refractivity contribution is -0.121. The number of carbonyl (C=O) groups excluding carboxylic acids is 1. The summed E-state index contributed by atoms with van der Waals surface area (Å²) in [6.45, 7) is 2.53. The van der Waals surface area contributed by atoms with E-state index in [0.29, 0.717) is 13.0 Å². The van der Waals surface area contributed by atoms with Gasteiger partial charge in [0.2, 0.25) is 5.91 Å². The lowest BCUT2D eigenvalue weighted by atomic mass is 10.2. The third kappa shape index (κ3) is 5.04. The fraction of sp³-hybridized carbons (Fsp3) is 0.375. The molecular formula is C16H22N4O. The van der Waals surface area contributed by atoms with Crippen molar-refractivity contribution in [3.63, 3.8) is 0 Å². The smallest absolute Gasteiger partial charge is 0.220 e. The van der Waals surface area contributed by atoms with Crippen LogP contribution >= 0.6 is 0 Å². The Balaban J connectivity index is 1.77. The minimum absolute atomic E-state index is 0.0581. The number of nitrogens with two attached hydrogens (primary N) is 1. The first-order valence-electron chi connectivity index (χ1n) is 7.26. The Labute approximate surface area is 125 Å². The standard InChI is InChI=1S/C16H22N4O/c1-13(17)7-8-16(21)18-10-9-14-11-19-20(12-14)15-5-3-2-4-6-15/h2-6,11-13H,7-10,17H2,1H3,(H,18,21). The van der Waals surface area contributed by atoms with Gasteiger partial charge in [-0.05, 0) is 37.5 Å². The van der Waals surface area contributed by atoms with Crippen molar-refractivity contribution in [1.29, 1.82) is 0 Å². The molecule has 0 saturated heterocycles. The van der Waals surface area contributed by atoms with Crippen molar-refractivity contribution in [2.24, 2.45) is 5.73 Å². The zero-order chi connectivity index (χ0) is 15.1. The third-order valence-corrected chi connectivity index (χ3v) is 3.22. The number of benzene rings is 1. The van der Waals surface area contributed by atoms with E-state index in [1.165, 1.54) is 0 Å². The van der Waals surface area contributed by atoms with E-state index in [2.05, 4.69) is 10.4 Å². The van der Waals surface area contributed by atoms with Crippen LogP contribution in [-0.2, 0) is 11.2 Å². The summed E-state index contributed by atoms with van der Waals surface area (Å²) in [6.07, 6.45) is 5.81. The zero-order valence-corrected chi connectivity index (χ0v) is 12.3. The topological polar surface area (TPSA) is 72.9 Å². The van der Waals surface area contributed by atoms with Crippen LogP contribution in [0.4, 0.5) is 0 Å². The first kappa shape index (κ1) is 15.3. The second kappa shape index (κ2) is 7.59. The van der Waals surface area contributed by atoms with Gasteiger partial charge in [0.1, 0.15) is 0 Å². The van der Waals surface area contributed by atoms with E-state index in [-0.39, 0.29) is 11.9 Å². The Morgan fingerprint density at radius 1 is 1.38 bits per heavy atom. The molecule has 0 aliphatic carbocycles. The van der Waals surface area contributed by atoms with Crippen LogP contribution in [0.2, 0.25) is 0 Å². The Bertz CT molecular complexity index is 563. The molecule has 1 atom stereocenters. The third-order valence-electron chi connectivity index (χ3n) is 3.22. The zero-order valence-electron chi connectivity index (χ0n) is 12.3. The molecule has 3 N–H and O–H groups in total. The van der Waals surface area contributed by atoms with Crippen LogP contribution in [-0.4, -0.2) is 28.3 Å². The van der Waals surface area contributed by atoms with E-state index in [9.17, 15) is 4.79 Å². The first-order valence-corrected chi connectivity index (χ1v) is 7.26. The number of rotatable bonds is 7. The Morgan fingerprint density at radius 3 is 2.86 bits per heavy atom. The van der Waals surface area contributed by atoms with Crippen LogP contribution in [0.1, 0.15) is 25.3 Å². The maximum absolute atomic E-state index is 11.6. The van der Waals surface area contributed by atoms with Gasteiger partial charge in [-0.1, -0.05) is 18.2 Å². The Hall–Kier alpha value is -2.14. The molecule has 112 valence electrons. The van der Waals surface area contributed by atoms with Crippen molar-refractivity contribution in [2.45, 2.75) is 32.2 Å². The molecule has 0 aliphatic rings. The minimum atomic E-state index is 0.0581. The summed E-state index contributed by atoms with van der Waals surface area (Å²) >= 11 is 0. The second-order valence-electron chi connectivity index (χ2n) is 5.24. The van der Waals surface area contributed by atoms with Crippen molar-refractivity contribution in [3.05, 3.63) is 48.3 Å². The van der Waals surface area contributed by atoms with Crippen molar-refractivity contribution in [2.75, 3.05) is 6.54 Å². The molecule has 2 rings (SSSR count). The highest BCUT2D eigenvalue weighted by Gasteiger charge is 2.04. The highest BCUT2D eigenvalue weighted by Crippen LogP contribution is 2.07. The second-order valence-corrected chi connectivity index (χ2v) is 5.24. The molecule has 1 aromatic carbocycles. The van der Waals surface area contributed by atoms with Gasteiger partial charge in [0, 0.05) is 25.2 Å². The van der Waals surface area contributed by atoms with Gasteiger partial charge in [-0.15, -0.1) is 0 Å². The number of carbonyl (C=O) groups is 1. The fourth-order valence-electron chi connectivity index (χ4n) is 2.00. The average Bonchev–Trinajstić information content (AvgIpc) is 2.95. The summed E-state index contributed by atoms with van der Waals surface area (Å²) in [6, 6.07) is 10.0. The summed E-state index contributed by atoms with van der Waals surface area (Å²) in [5.74, 6) is 0.0581. The van der Waals surface area contributed by atoms with Crippen LogP contribution in [0.15, 0.2) is 42.7 Å². The normalized spacial score (nSPS) is 12.1. The van der Waals surface area contributed by atoms with Crippen molar-refractivity contribution >= 4 is 5.91 Å². The molecular weight excluding hydrogens is 264 g/mol. The van der Waals surface area contributed by atoms with Gasteiger partial charge in [-0.3, -0.25) is 4.79 Å². The lowest BCUT2D eigenvalue weighted by Crippen LogP contribution is -2.27. The highest BCUT2D eigenvalue weighted by atomic mass is 16.1. The maximum Gasteiger partial charge on any atom is 0.220 e. The molecule has 0 saturated carbocycles. The van der Waals surface area contributed by atoms with E-state index in [0.717, 1.165) is 24.1 Å². The van der Waals surface area contributed by atoms with E-state index in [4.69, 9.17) is 5.73 Å². The molecule has 1 aromatic heterocycles. The highest BCUT2D eigenvalue weighted by molar-refractivity contribution is 5.75. The van der Waals surface area contributed by atoms with Gasteiger partial charge in [-0.2, -0.15) is 5.10 Å². The number of nitrogens with one attached hydrogen (secondary N) is 1. The van der Waals surface area contributed by atoms with Crippen molar-refractivity contribution in [3.8, 4) is 5.69 Å². The largest absolute Gasteiger partial charge is 0.356 e. The van der Waals surface area contributed by atoms with Gasteiger partial charge in [0.25, 0.3) is 0 Å². The number of hydrogen-bond donors (Lipinski definition) is 2. The van der Waals surface area contributed by atoms with E-state index >= 15 is 0 Å².